The molecule has 13 heavy (non-hydrogen) atoms. The molecule has 0 aromatic rings. The fourth-order valence-corrected chi connectivity index (χ4v) is 0.938. The molecule has 1 aliphatic rings. The quantitative estimate of drug-likeness (QED) is 0.192. The second kappa shape index (κ2) is 6.92. The van der Waals surface area contributed by atoms with Crippen LogP contribution in [0.25, 0.3) is 0 Å². The first-order chi connectivity index (χ1) is 6.43. The van der Waals surface area contributed by atoms with Crippen LogP contribution in [-0.2, 0) is 14.5 Å². The molecule has 3 heteroatoms. The van der Waals surface area contributed by atoms with Gasteiger partial charge in [0, 0.05) is 0 Å². The Morgan fingerprint density at radius 1 is 1.46 bits per heavy atom. The molecular formula is C10H18O3. The van der Waals surface area contributed by atoms with Gasteiger partial charge in [0.2, 0.25) is 0 Å². The van der Waals surface area contributed by atoms with Crippen molar-refractivity contribution in [3.63, 3.8) is 0 Å². The monoisotopic (exact) mass is 186 g/mol. The third-order valence-electron chi connectivity index (χ3n) is 1.85. The van der Waals surface area contributed by atoms with E-state index in [-0.39, 0.29) is 6.10 Å². The number of rotatable bonds is 8. The summed E-state index contributed by atoms with van der Waals surface area (Å²) in [6.45, 7) is 3.54. The van der Waals surface area contributed by atoms with E-state index in [0.29, 0.717) is 6.61 Å². The molecule has 1 unspecified atom stereocenters. The Bertz CT molecular complexity index is 141. The first-order valence-corrected chi connectivity index (χ1v) is 4.98. The van der Waals surface area contributed by atoms with Gasteiger partial charge < -0.3 is 9.62 Å². The molecule has 1 heterocycles. The minimum atomic E-state index is 0.272. The lowest BCUT2D eigenvalue weighted by Crippen LogP contribution is -1.98. The molecule has 0 bridgehead atoms. The standard InChI is InChI=1S/C10H18O3/c1-2-3-4-5-6-7-12-13-9-10-8-11-10/h6-7,10H,2-5,8-9H2,1H3. The Hall–Kier alpha value is -0.540. The second-order valence-electron chi connectivity index (χ2n) is 3.20. The van der Waals surface area contributed by atoms with Crippen LogP contribution in [-0.4, -0.2) is 19.3 Å². The highest BCUT2D eigenvalue weighted by Gasteiger charge is 2.22. The van der Waals surface area contributed by atoms with Gasteiger partial charge in [-0.05, 0) is 18.9 Å². The average molecular weight is 186 g/mol. The van der Waals surface area contributed by atoms with Gasteiger partial charge in [0.25, 0.3) is 0 Å². The highest BCUT2D eigenvalue weighted by Crippen LogP contribution is 2.08. The van der Waals surface area contributed by atoms with Crippen molar-refractivity contribution in [3.8, 4) is 0 Å². The van der Waals surface area contributed by atoms with E-state index in [1.807, 2.05) is 6.08 Å². The van der Waals surface area contributed by atoms with Gasteiger partial charge in [-0.15, -0.1) is 0 Å². The van der Waals surface area contributed by atoms with Gasteiger partial charge in [-0.3, -0.25) is 0 Å². The highest BCUT2D eigenvalue weighted by molar-refractivity contribution is 4.72. The summed E-state index contributed by atoms with van der Waals surface area (Å²) in [5.74, 6) is 0. The zero-order valence-corrected chi connectivity index (χ0v) is 8.20. The molecule has 0 radical (unpaired) electrons. The number of hydrogen-bond donors (Lipinski definition) is 0. The fraction of sp³-hybridized carbons (Fsp3) is 0.800. The lowest BCUT2D eigenvalue weighted by molar-refractivity contribution is -0.250. The predicted octanol–water partition coefficient (Wildman–Crippen LogP) is 2.43. The van der Waals surface area contributed by atoms with Gasteiger partial charge in [0.05, 0.1) is 6.61 Å². The summed E-state index contributed by atoms with van der Waals surface area (Å²) >= 11 is 0. The van der Waals surface area contributed by atoms with Crippen molar-refractivity contribution in [1.29, 1.82) is 0 Å². The molecule has 1 saturated heterocycles. The van der Waals surface area contributed by atoms with Gasteiger partial charge in [0.15, 0.2) is 0 Å². The number of ether oxygens (including phenoxy) is 1. The van der Waals surface area contributed by atoms with Crippen LogP contribution in [0, 0.1) is 0 Å². The van der Waals surface area contributed by atoms with Crippen LogP contribution in [0.1, 0.15) is 32.6 Å². The van der Waals surface area contributed by atoms with Crippen LogP contribution in [0.4, 0.5) is 0 Å². The maximum atomic E-state index is 4.94. The molecule has 76 valence electrons. The van der Waals surface area contributed by atoms with E-state index in [1.165, 1.54) is 19.3 Å². The maximum Gasteiger partial charge on any atom is 0.125 e. The summed E-state index contributed by atoms with van der Waals surface area (Å²) in [5, 5.41) is 0. The summed E-state index contributed by atoms with van der Waals surface area (Å²) in [6.07, 6.45) is 8.69. The van der Waals surface area contributed by atoms with Crippen LogP contribution in [0.15, 0.2) is 12.3 Å². The second-order valence-corrected chi connectivity index (χ2v) is 3.20. The first-order valence-electron chi connectivity index (χ1n) is 4.98. The third kappa shape index (κ3) is 6.61. The number of hydrogen-bond acceptors (Lipinski definition) is 3. The smallest absolute Gasteiger partial charge is 0.125 e. The normalized spacial score (nSPS) is 20.8. The molecule has 0 saturated carbocycles. The number of unbranched alkanes of at least 4 members (excludes halogenated alkanes) is 3. The minimum absolute atomic E-state index is 0.272. The van der Waals surface area contributed by atoms with E-state index < -0.39 is 0 Å². The Morgan fingerprint density at radius 3 is 3.00 bits per heavy atom. The largest absolute Gasteiger partial charge is 0.370 e. The zero-order valence-electron chi connectivity index (χ0n) is 8.20. The summed E-state index contributed by atoms with van der Waals surface area (Å²) in [5.41, 5.74) is 0. The molecule has 0 aromatic carbocycles. The predicted molar refractivity (Wildman–Crippen MR) is 50.1 cm³/mol. The van der Waals surface area contributed by atoms with Gasteiger partial charge in [-0.1, -0.05) is 19.8 Å². The summed E-state index contributed by atoms with van der Waals surface area (Å²) < 4.78 is 4.94. The maximum absolute atomic E-state index is 4.94. The summed E-state index contributed by atoms with van der Waals surface area (Å²) in [4.78, 5) is 9.66. The molecule has 0 spiro atoms. The van der Waals surface area contributed by atoms with Crippen molar-refractivity contribution < 1.29 is 14.5 Å². The van der Waals surface area contributed by atoms with Crippen LogP contribution < -0.4 is 0 Å². The average Bonchev–Trinajstić information content (AvgIpc) is 2.93. The van der Waals surface area contributed by atoms with E-state index in [0.717, 1.165) is 13.0 Å². The highest BCUT2D eigenvalue weighted by atomic mass is 17.2. The Labute approximate surface area is 79.6 Å². The summed E-state index contributed by atoms with van der Waals surface area (Å²) in [7, 11) is 0. The van der Waals surface area contributed by atoms with Gasteiger partial charge in [0.1, 0.15) is 19.0 Å². The van der Waals surface area contributed by atoms with Crippen molar-refractivity contribution in [2.45, 2.75) is 38.7 Å². The molecule has 0 N–H and O–H groups in total. The fourth-order valence-electron chi connectivity index (χ4n) is 0.938. The molecule has 0 aliphatic carbocycles. The van der Waals surface area contributed by atoms with Gasteiger partial charge >= 0.3 is 0 Å². The van der Waals surface area contributed by atoms with Crippen LogP contribution >= 0.6 is 0 Å². The SMILES string of the molecule is CCCCCC=COOCC1CO1. The molecule has 0 amide bonds. The molecule has 1 rings (SSSR count). The molecule has 0 aromatic heterocycles. The van der Waals surface area contributed by atoms with Crippen molar-refractivity contribution >= 4 is 0 Å². The van der Waals surface area contributed by atoms with Gasteiger partial charge in [-0.25, -0.2) is 0 Å². The lowest BCUT2D eigenvalue weighted by atomic mass is 10.2. The first kappa shape index (κ1) is 10.5. The van der Waals surface area contributed by atoms with Crippen molar-refractivity contribution in [2.24, 2.45) is 0 Å². The van der Waals surface area contributed by atoms with Crippen molar-refractivity contribution in [2.75, 3.05) is 13.2 Å². The molecule has 1 atom stereocenters. The Kier molecular flexibility index (Phi) is 5.61. The van der Waals surface area contributed by atoms with Gasteiger partial charge in [-0.2, -0.15) is 4.89 Å². The van der Waals surface area contributed by atoms with Crippen molar-refractivity contribution in [3.05, 3.63) is 12.3 Å². The topological polar surface area (TPSA) is 31.0 Å². The Balaban J connectivity index is 1.75. The van der Waals surface area contributed by atoms with E-state index in [9.17, 15) is 0 Å². The molecule has 1 aliphatic heterocycles. The van der Waals surface area contributed by atoms with Crippen LogP contribution in [0.2, 0.25) is 0 Å². The Morgan fingerprint density at radius 2 is 2.31 bits per heavy atom. The number of epoxide rings is 1. The van der Waals surface area contributed by atoms with E-state index in [2.05, 4.69) is 6.92 Å². The van der Waals surface area contributed by atoms with Crippen LogP contribution in [0.3, 0.4) is 0 Å². The van der Waals surface area contributed by atoms with Crippen molar-refractivity contribution in [1.82, 2.24) is 0 Å². The molecular weight excluding hydrogens is 168 g/mol. The lowest BCUT2D eigenvalue weighted by Gasteiger charge is -1.96. The minimum Gasteiger partial charge on any atom is -0.370 e. The van der Waals surface area contributed by atoms with E-state index >= 15 is 0 Å². The van der Waals surface area contributed by atoms with E-state index in [4.69, 9.17) is 14.5 Å². The molecule has 1 fully saturated rings. The summed E-state index contributed by atoms with van der Waals surface area (Å²) in [6, 6.07) is 0. The van der Waals surface area contributed by atoms with Crippen LogP contribution in [0.5, 0.6) is 0 Å². The molecule has 3 nitrogen and oxygen atoms in total. The number of allylic oxidation sites excluding steroid dienone is 1. The zero-order chi connectivity index (χ0) is 9.36. The third-order valence-corrected chi connectivity index (χ3v) is 1.85. The van der Waals surface area contributed by atoms with E-state index in [1.54, 1.807) is 6.26 Å².